The molecule has 0 aliphatic rings. The number of para-hydroxylation sites is 4. The molecule has 0 saturated carbocycles. The second-order valence-corrected chi connectivity index (χ2v) is 15.2. The van der Waals surface area contributed by atoms with Gasteiger partial charge in [0.25, 0.3) is 0 Å². The first-order chi connectivity index (χ1) is 28.8. The Labute approximate surface area is 332 Å². The molecule has 0 N–H and O–H groups in total. The molecule has 0 atom stereocenters. The smallest absolute Gasteiger partial charge is 0.213 e. The van der Waals surface area contributed by atoms with Gasteiger partial charge in [0.15, 0.2) is 0 Å². The van der Waals surface area contributed by atoms with Crippen LogP contribution in [0.1, 0.15) is 0 Å². The maximum absolute atomic E-state index is 6.89. The zero-order valence-electron chi connectivity index (χ0n) is 31.2. The summed E-state index contributed by atoms with van der Waals surface area (Å²) >= 11 is 0. The molecular weight excluding hydrogens is 709 g/mol. The first kappa shape index (κ1) is 31.4. The number of hydrogen-bond acceptors (Lipinski definition) is 2. The molecule has 58 heavy (non-hydrogen) atoms. The summed E-state index contributed by atoms with van der Waals surface area (Å²) in [6.07, 6.45) is 0. The van der Waals surface area contributed by atoms with Gasteiger partial charge in [0.05, 0.1) is 21.8 Å². The van der Waals surface area contributed by atoms with Crippen molar-refractivity contribution in [2.45, 2.75) is 0 Å². The van der Waals surface area contributed by atoms with Crippen molar-refractivity contribution >= 4 is 87.5 Å². The summed E-state index contributed by atoms with van der Waals surface area (Å²) in [5.41, 5.74) is 12.6. The van der Waals surface area contributed by atoms with E-state index in [1.54, 1.807) is 0 Å². The van der Waals surface area contributed by atoms with Crippen molar-refractivity contribution in [3.8, 4) is 33.6 Å². The Morgan fingerprint density at radius 3 is 1.31 bits per heavy atom. The first-order valence-electron chi connectivity index (χ1n) is 19.8. The largest absolute Gasteiger partial charge is 0.439 e. The third-order valence-corrected chi connectivity index (χ3v) is 12.1. The molecule has 4 nitrogen and oxygen atoms in total. The van der Waals surface area contributed by atoms with Crippen LogP contribution in [0.2, 0.25) is 0 Å². The molecule has 13 rings (SSSR count). The minimum Gasteiger partial charge on any atom is -0.439 e. The number of nitrogens with zero attached hydrogens (tertiary/aromatic N) is 2. The van der Waals surface area contributed by atoms with E-state index in [9.17, 15) is 0 Å². The summed E-state index contributed by atoms with van der Waals surface area (Å²) < 4.78 is 18.0. The minimum absolute atomic E-state index is 0.860. The highest BCUT2D eigenvalue weighted by Gasteiger charge is 2.24. The van der Waals surface area contributed by atoms with E-state index in [1.807, 2.05) is 6.07 Å². The van der Waals surface area contributed by atoms with Crippen molar-refractivity contribution in [3.63, 3.8) is 0 Å². The molecule has 4 aromatic heterocycles. The van der Waals surface area contributed by atoms with Crippen LogP contribution < -0.4 is 0 Å². The Kier molecular flexibility index (Phi) is 6.41. The molecule has 0 spiro atoms. The summed E-state index contributed by atoms with van der Waals surface area (Å²) in [7, 11) is 0. The van der Waals surface area contributed by atoms with E-state index in [4.69, 9.17) is 8.83 Å². The Balaban J connectivity index is 1.06. The summed E-state index contributed by atoms with van der Waals surface area (Å²) in [4.78, 5) is 0. The van der Waals surface area contributed by atoms with Gasteiger partial charge in [-0.3, -0.25) is 9.13 Å². The maximum atomic E-state index is 6.89. The van der Waals surface area contributed by atoms with E-state index in [-0.39, 0.29) is 0 Å². The Morgan fingerprint density at radius 2 is 0.707 bits per heavy atom. The van der Waals surface area contributed by atoms with Crippen LogP contribution in [-0.4, -0.2) is 9.13 Å². The predicted octanol–water partition coefficient (Wildman–Crippen LogP) is 15.0. The van der Waals surface area contributed by atoms with Gasteiger partial charge >= 0.3 is 0 Å². The standard InChI is InChI=1S/C54H32N2O2/c1-3-15-35(16-4-1)55-45-25-13-11-23-41(45)51-44-30-28-34(32-48(44)58-53(51)55)50-39-21-9-7-19-37(39)49(38-20-8-10-22-40(38)50)33-27-29-42-46(31-33)56(36-17-5-2-6-18-36)54-52(42)43-24-12-14-26-47(43)57-54/h1-32H. The van der Waals surface area contributed by atoms with Gasteiger partial charge in [-0.1, -0.05) is 140 Å². The molecule has 0 aliphatic heterocycles. The summed E-state index contributed by atoms with van der Waals surface area (Å²) in [6.45, 7) is 0. The lowest BCUT2D eigenvalue weighted by Crippen LogP contribution is -1.94. The van der Waals surface area contributed by atoms with E-state index in [1.165, 1.54) is 43.4 Å². The lowest BCUT2D eigenvalue weighted by atomic mass is 9.85. The molecule has 4 heterocycles. The molecule has 0 amide bonds. The Bertz CT molecular complexity index is 3730. The fraction of sp³-hybridized carbons (Fsp3) is 0. The highest BCUT2D eigenvalue weighted by Crippen LogP contribution is 2.47. The van der Waals surface area contributed by atoms with Crippen LogP contribution in [-0.2, 0) is 0 Å². The van der Waals surface area contributed by atoms with Crippen LogP contribution in [0.25, 0.3) is 121 Å². The van der Waals surface area contributed by atoms with Gasteiger partial charge in [-0.2, -0.15) is 0 Å². The fourth-order valence-electron chi connectivity index (χ4n) is 9.71. The van der Waals surface area contributed by atoms with Crippen LogP contribution >= 0.6 is 0 Å². The zero-order valence-corrected chi connectivity index (χ0v) is 31.2. The number of aromatic nitrogens is 2. The van der Waals surface area contributed by atoms with Gasteiger partial charge in [0.2, 0.25) is 11.4 Å². The topological polar surface area (TPSA) is 36.1 Å². The molecule has 0 bridgehead atoms. The van der Waals surface area contributed by atoms with E-state index in [0.29, 0.717) is 0 Å². The lowest BCUT2D eigenvalue weighted by Gasteiger charge is -2.18. The van der Waals surface area contributed by atoms with Crippen molar-refractivity contribution in [2.24, 2.45) is 0 Å². The highest BCUT2D eigenvalue weighted by atomic mass is 16.3. The Hall–Kier alpha value is -7.82. The molecule has 0 fully saturated rings. The number of furan rings is 2. The molecule has 0 saturated heterocycles. The molecule has 0 radical (unpaired) electrons. The van der Waals surface area contributed by atoms with Gasteiger partial charge < -0.3 is 8.83 Å². The third-order valence-electron chi connectivity index (χ3n) is 12.1. The number of fused-ring (bicyclic) bond motifs is 12. The van der Waals surface area contributed by atoms with Gasteiger partial charge in [-0.05, 0) is 98.4 Å². The lowest BCUT2D eigenvalue weighted by molar-refractivity contribution is 0.645. The van der Waals surface area contributed by atoms with Crippen LogP contribution in [0.5, 0.6) is 0 Å². The normalized spacial score (nSPS) is 12.1. The second kappa shape index (κ2) is 11.8. The van der Waals surface area contributed by atoms with Crippen LogP contribution in [0, 0.1) is 0 Å². The van der Waals surface area contributed by atoms with Gasteiger partial charge in [0.1, 0.15) is 11.2 Å². The van der Waals surface area contributed by atoms with E-state index in [2.05, 4.69) is 197 Å². The van der Waals surface area contributed by atoms with Crippen molar-refractivity contribution in [1.29, 1.82) is 0 Å². The second-order valence-electron chi connectivity index (χ2n) is 15.2. The van der Waals surface area contributed by atoms with Gasteiger partial charge in [-0.25, -0.2) is 0 Å². The van der Waals surface area contributed by atoms with E-state index >= 15 is 0 Å². The minimum atomic E-state index is 0.860. The van der Waals surface area contributed by atoms with Crippen molar-refractivity contribution in [3.05, 3.63) is 194 Å². The number of hydrogen-bond donors (Lipinski definition) is 0. The van der Waals surface area contributed by atoms with Crippen LogP contribution in [0.3, 0.4) is 0 Å². The molecule has 9 aromatic carbocycles. The molecule has 0 unspecified atom stereocenters. The zero-order chi connectivity index (χ0) is 37.9. The van der Waals surface area contributed by atoms with Crippen molar-refractivity contribution in [1.82, 2.24) is 9.13 Å². The van der Waals surface area contributed by atoms with E-state index in [0.717, 1.165) is 77.7 Å². The van der Waals surface area contributed by atoms with Crippen LogP contribution in [0.15, 0.2) is 203 Å². The summed E-state index contributed by atoms with van der Waals surface area (Å²) in [5.74, 6) is 0. The van der Waals surface area contributed by atoms with Crippen molar-refractivity contribution < 1.29 is 8.83 Å². The third kappa shape index (κ3) is 4.29. The Morgan fingerprint density at radius 1 is 0.293 bits per heavy atom. The quantitative estimate of drug-likeness (QED) is 0.168. The van der Waals surface area contributed by atoms with E-state index < -0.39 is 0 Å². The maximum Gasteiger partial charge on any atom is 0.213 e. The van der Waals surface area contributed by atoms with Crippen LogP contribution in [0.4, 0.5) is 0 Å². The summed E-state index contributed by atoms with van der Waals surface area (Å²) in [6, 6.07) is 69.4. The average Bonchev–Trinajstić information content (AvgIpc) is 4.02. The summed E-state index contributed by atoms with van der Waals surface area (Å²) in [5, 5.41) is 11.7. The van der Waals surface area contributed by atoms with Crippen molar-refractivity contribution in [2.75, 3.05) is 0 Å². The molecule has 0 aliphatic carbocycles. The predicted molar refractivity (Wildman–Crippen MR) is 241 cm³/mol. The fourth-order valence-corrected chi connectivity index (χ4v) is 9.71. The average molecular weight is 741 g/mol. The van der Waals surface area contributed by atoms with Gasteiger partial charge in [-0.15, -0.1) is 0 Å². The molecule has 4 heteroatoms. The van der Waals surface area contributed by atoms with Gasteiger partial charge in [0, 0.05) is 32.9 Å². The monoisotopic (exact) mass is 740 g/mol. The first-order valence-corrected chi connectivity index (χ1v) is 19.8. The number of rotatable bonds is 4. The number of benzene rings is 9. The SMILES string of the molecule is c1ccc(-n2c3ccccc3c3c4ccc(-c5c6ccccc6c(-c6ccc7c8c9ccccc9oc8n(-c8ccccc8)c7c6)c6ccccc56)cc4oc32)cc1. The molecule has 13 aromatic rings. The molecule has 270 valence electrons. The highest BCUT2D eigenvalue weighted by molar-refractivity contribution is 6.25. The molecular formula is C54H32N2O2.